The topological polar surface area (TPSA) is 80.6 Å². The smallest absolute Gasteiger partial charge is 0.0701 e. The van der Waals surface area contributed by atoms with Crippen molar-refractivity contribution in [2.75, 3.05) is 86.2 Å². The molecule has 0 aliphatic heterocycles. The number of hydrogen-bond donors (Lipinski definition) is 2. The maximum Gasteiger partial charge on any atom is 0.0701 e. The molecule has 0 aliphatic carbocycles. The number of aliphatic hydroxyl groups excluding tert-OH is 2. The molecule has 122 valence electrons. The van der Waals surface area contributed by atoms with Gasteiger partial charge in [-0.25, -0.2) is 0 Å². The Hall–Kier alpha value is -0.280. The van der Waals surface area contributed by atoms with E-state index in [-0.39, 0.29) is 13.2 Å². The van der Waals surface area contributed by atoms with Gasteiger partial charge in [0.1, 0.15) is 0 Å². The fraction of sp³-hybridized carbons (Fsp3) is 1.00. The van der Waals surface area contributed by atoms with Gasteiger partial charge in [-0.1, -0.05) is 0 Å². The fourth-order valence-electron chi connectivity index (χ4n) is 1.33. The van der Waals surface area contributed by atoms with Crippen LogP contribution >= 0.6 is 0 Å². The van der Waals surface area contributed by atoms with Gasteiger partial charge in [0.05, 0.1) is 66.1 Å². The third kappa shape index (κ3) is 15.8. The zero-order chi connectivity index (χ0) is 14.9. The van der Waals surface area contributed by atoms with Crippen LogP contribution in [0.15, 0.2) is 0 Å². The second-order valence-electron chi connectivity index (χ2n) is 4.20. The molecule has 7 nitrogen and oxygen atoms in total. The number of aliphatic hydroxyl groups is 2. The molecular formula is C13H29NO6. The minimum atomic E-state index is 0.0494. The Balaban J connectivity index is 3.11. The van der Waals surface area contributed by atoms with E-state index in [9.17, 15) is 0 Å². The van der Waals surface area contributed by atoms with Gasteiger partial charge in [0.2, 0.25) is 0 Å². The summed E-state index contributed by atoms with van der Waals surface area (Å²) in [6, 6.07) is 0. The predicted molar refractivity (Wildman–Crippen MR) is 74.9 cm³/mol. The Morgan fingerprint density at radius 1 is 0.600 bits per heavy atom. The molecule has 0 heterocycles. The first-order chi connectivity index (χ1) is 9.81. The van der Waals surface area contributed by atoms with E-state index in [1.807, 2.05) is 7.05 Å². The highest BCUT2D eigenvalue weighted by atomic mass is 16.5. The van der Waals surface area contributed by atoms with Crippen molar-refractivity contribution in [3.8, 4) is 0 Å². The Labute approximate surface area is 121 Å². The zero-order valence-corrected chi connectivity index (χ0v) is 12.5. The summed E-state index contributed by atoms with van der Waals surface area (Å²) in [6.07, 6.45) is 0. The van der Waals surface area contributed by atoms with Crippen molar-refractivity contribution >= 4 is 0 Å². The van der Waals surface area contributed by atoms with Crippen LogP contribution in [-0.4, -0.2) is 101 Å². The monoisotopic (exact) mass is 295 g/mol. The van der Waals surface area contributed by atoms with Crippen LogP contribution in [0.4, 0.5) is 0 Å². The van der Waals surface area contributed by atoms with E-state index in [0.717, 1.165) is 13.1 Å². The van der Waals surface area contributed by atoms with Gasteiger partial charge in [0.25, 0.3) is 0 Å². The highest BCUT2D eigenvalue weighted by Gasteiger charge is 1.98. The number of rotatable bonds is 16. The molecule has 0 unspecified atom stereocenters. The Kier molecular flexibility index (Phi) is 16.5. The van der Waals surface area contributed by atoms with E-state index >= 15 is 0 Å². The SMILES string of the molecule is CN(CCOCCOCCO)CCOCCOCCO. The molecule has 0 amide bonds. The predicted octanol–water partition coefficient (Wildman–Crippen LogP) is -1.03. The van der Waals surface area contributed by atoms with Crippen molar-refractivity contribution in [2.24, 2.45) is 0 Å². The van der Waals surface area contributed by atoms with Gasteiger partial charge >= 0.3 is 0 Å². The summed E-state index contributed by atoms with van der Waals surface area (Å²) in [4.78, 5) is 2.13. The number of ether oxygens (including phenoxy) is 4. The quantitative estimate of drug-likeness (QED) is 0.352. The molecule has 2 N–H and O–H groups in total. The van der Waals surface area contributed by atoms with Gasteiger partial charge in [-0.15, -0.1) is 0 Å². The lowest BCUT2D eigenvalue weighted by Gasteiger charge is -2.16. The van der Waals surface area contributed by atoms with Crippen LogP contribution in [0.25, 0.3) is 0 Å². The molecule has 0 spiro atoms. The minimum absolute atomic E-state index is 0.0494. The Morgan fingerprint density at radius 3 is 1.30 bits per heavy atom. The van der Waals surface area contributed by atoms with Gasteiger partial charge in [0, 0.05) is 13.1 Å². The van der Waals surface area contributed by atoms with Crippen LogP contribution in [0.3, 0.4) is 0 Å². The van der Waals surface area contributed by atoms with Crippen molar-refractivity contribution < 1.29 is 29.2 Å². The summed E-state index contributed by atoms with van der Waals surface area (Å²) in [5.74, 6) is 0. The van der Waals surface area contributed by atoms with Crippen LogP contribution < -0.4 is 0 Å². The van der Waals surface area contributed by atoms with Gasteiger partial charge in [-0.3, -0.25) is 0 Å². The van der Waals surface area contributed by atoms with E-state index in [1.54, 1.807) is 0 Å². The lowest BCUT2D eigenvalue weighted by Crippen LogP contribution is -2.28. The minimum Gasteiger partial charge on any atom is -0.394 e. The highest BCUT2D eigenvalue weighted by Crippen LogP contribution is 1.86. The number of hydrogen-bond acceptors (Lipinski definition) is 7. The van der Waals surface area contributed by atoms with Gasteiger partial charge in [0.15, 0.2) is 0 Å². The second kappa shape index (κ2) is 16.8. The summed E-state index contributed by atoms with van der Waals surface area (Å²) in [7, 11) is 2.01. The third-order valence-electron chi connectivity index (χ3n) is 2.45. The van der Waals surface area contributed by atoms with Crippen molar-refractivity contribution in [3.05, 3.63) is 0 Å². The van der Waals surface area contributed by atoms with E-state index in [4.69, 9.17) is 29.2 Å². The van der Waals surface area contributed by atoms with Crippen LogP contribution in [-0.2, 0) is 18.9 Å². The summed E-state index contributed by atoms with van der Waals surface area (Å²) < 4.78 is 20.9. The summed E-state index contributed by atoms with van der Waals surface area (Å²) in [5.41, 5.74) is 0. The number of likely N-dealkylation sites (N-methyl/N-ethyl adjacent to an activating group) is 1. The van der Waals surface area contributed by atoms with E-state index < -0.39 is 0 Å². The molecule has 0 atom stereocenters. The van der Waals surface area contributed by atoms with Crippen molar-refractivity contribution in [1.82, 2.24) is 4.90 Å². The summed E-state index contributed by atoms with van der Waals surface area (Å²) in [5, 5.41) is 17.0. The molecule has 0 aromatic heterocycles. The zero-order valence-electron chi connectivity index (χ0n) is 12.5. The average molecular weight is 295 g/mol. The van der Waals surface area contributed by atoms with E-state index in [2.05, 4.69) is 4.90 Å². The van der Waals surface area contributed by atoms with Gasteiger partial charge in [-0.2, -0.15) is 0 Å². The molecule has 0 aromatic rings. The standard InChI is InChI=1S/C13H29NO6/c1-14(2-6-17-10-12-19-8-4-15)3-7-18-11-13-20-9-5-16/h15-16H,2-13H2,1H3. The third-order valence-corrected chi connectivity index (χ3v) is 2.45. The Morgan fingerprint density at radius 2 is 0.950 bits per heavy atom. The average Bonchev–Trinajstić information content (AvgIpc) is 2.45. The van der Waals surface area contributed by atoms with Crippen LogP contribution in [0, 0.1) is 0 Å². The largest absolute Gasteiger partial charge is 0.394 e. The molecule has 0 fully saturated rings. The summed E-state index contributed by atoms with van der Waals surface area (Å²) >= 11 is 0. The maximum atomic E-state index is 8.50. The first kappa shape index (κ1) is 19.7. The first-order valence-corrected chi connectivity index (χ1v) is 7.02. The Bertz CT molecular complexity index is 166. The van der Waals surface area contributed by atoms with E-state index in [1.165, 1.54) is 0 Å². The van der Waals surface area contributed by atoms with Crippen molar-refractivity contribution in [2.45, 2.75) is 0 Å². The van der Waals surface area contributed by atoms with Crippen molar-refractivity contribution in [3.63, 3.8) is 0 Å². The van der Waals surface area contributed by atoms with Crippen LogP contribution in [0.5, 0.6) is 0 Å². The van der Waals surface area contributed by atoms with Crippen LogP contribution in [0.1, 0.15) is 0 Å². The lowest BCUT2D eigenvalue weighted by molar-refractivity contribution is 0.0179. The van der Waals surface area contributed by atoms with Gasteiger partial charge in [-0.05, 0) is 7.05 Å². The molecule has 0 rings (SSSR count). The highest BCUT2D eigenvalue weighted by molar-refractivity contribution is 4.49. The number of nitrogens with zero attached hydrogens (tertiary/aromatic N) is 1. The molecule has 0 radical (unpaired) electrons. The second-order valence-corrected chi connectivity index (χ2v) is 4.20. The van der Waals surface area contributed by atoms with E-state index in [0.29, 0.717) is 52.9 Å². The molecule has 0 bridgehead atoms. The molecular weight excluding hydrogens is 266 g/mol. The molecule has 0 saturated carbocycles. The molecule has 0 saturated heterocycles. The normalized spacial score (nSPS) is 11.4. The summed E-state index contributed by atoms with van der Waals surface area (Å²) in [6.45, 7) is 5.93. The molecule has 7 heteroatoms. The first-order valence-electron chi connectivity index (χ1n) is 7.02. The van der Waals surface area contributed by atoms with Gasteiger partial charge < -0.3 is 34.1 Å². The van der Waals surface area contributed by atoms with Crippen LogP contribution in [0.2, 0.25) is 0 Å². The molecule has 20 heavy (non-hydrogen) atoms. The molecule has 0 aromatic carbocycles. The fourth-order valence-corrected chi connectivity index (χ4v) is 1.33. The maximum absolute atomic E-state index is 8.50. The molecule has 0 aliphatic rings. The van der Waals surface area contributed by atoms with Crippen molar-refractivity contribution in [1.29, 1.82) is 0 Å². The lowest BCUT2D eigenvalue weighted by atomic mass is 10.5.